The molecule has 5 rings (SSSR count). The maximum atomic E-state index is 13.3. The van der Waals surface area contributed by atoms with Crippen LogP contribution in [-0.4, -0.2) is 72.8 Å². The second-order valence-electron chi connectivity index (χ2n) is 9.75. The first-order chi connectivity index (χ1) is 18.2. The van der Waals surface area contributed by atoms with Crippen LogP contribution in [0.1, 0.15) is 31.2 Å². The minimum Gasteiger partial charge on any atom is -0.339 e. The number of piperidine rings is 1. The summed E-state index contributed by atoms with van der Waals surface area (Å²) >= 11 is 7.62. The summed E-state index contributed by atoms with van der Waals surface area (Å²) in [5.74, 6) is -0.492. The second kappa shape index (κ2) is 11.3. The molecule has 0 bridgehead atoms. The summed E-state index contributed by atoms with van der Waals surface area (Å²) in [4.78, 5) is 34.2. The fourth-order valence-corrected chi connectivity index (χ4v) is 7.13. The molecule has 1 unspecified atom stereocenters. The van der Waals surface area contributed by atoms with Crippen LogP contribution >= 0.6 is 22.9 Å². The van der Waals surface area contributed by atoms with E-state index < -0.39 is 22.1 Å². The van der Waals surface area contributed by atoms with E-state index in [1.807, 2.05) is 5.38 Å². The minimum absolute atomic E-state index is 0.0762. The van der Waals surface area contributed by atoms with Crippen LogP contribution in [0.2, 0.25) is 5.02 Å². The first-order valence-corrected chi connectivity index (χ1v) is 15.4. The van der Waals surface area contributed by atoms with Gasteiger partial charge in [0.1, 0.15) is 17.1 Å². The average molecular weight is 576 g/mol. The Morgan fingerprint density at radius 1 is 1.18 bits per heavy atom. The molecule has 3 heterocycles. The number of carbonyl (C=O) groups is 2. The number of carbonyl (C=O) groups excluding carboxylic acids is 2. The lowest BCUT2D eigenvalue weighted by Gasteiger charge is -2.36. The van der Waals surface area contributed by atoms with E-state index in [9.17, 15) is 18.0 Å². The smallest absolute Gasteiger partial charge is 0.245 e. The molecule has 202 valence electrons. The predicted molar refractivity (Wildman–Crippen MR) is 147 cm³/mol. The highest BCUT2D eigenvalue weighted by atomic mass is 35.5. The molecule has 2 N–H and O–H groups in total. The van der Waals surface area contributed by atoms with Gasteiger partial charge < -0.3 is 15.1 Å². The van der Waals surface area contributed by atoms with Crippen molar-refractivity contribution in [3.8, 4) is 0 Å². The Kier molecular flexibility index (Phi) is 8.01. The molecular formula is C26H30ClN5O4S2. The van der Waals surface area contributed by atoms with Crippen molar-refractivity contribution >= 4 is 55.5 Å². The van der Waals surface area contributed by atoms with Crippen LogP contribution in [0.25, 0.3) is 10.8 Å². The lowest BCUT2D eigenvalue weighted by molar-refractivity contribution is -0.144. The highest BCUT2D eigenvalue weighted by Gasteiger charge is 2.40. The van der Waals surface area contributed by atoms with Crippen molar-refractivity contribution in [2.75, 3.05) is 19.6 Å². The molecule has 2 aliphatic heterocycles. The molecule has 0 spiro atoms. The number of sulfonamides is 1. The van der Waals surface area contributed by atoms with Crippen molar-refractivity contribution < 1.29 is 18.0 Å². The van der Waals surface area contributed by atoms with E-state index in [0.29, 0.717) is 37.6 Å². The normalized spacial score (nSPS) is 21.3. The minimum atomic E-state index is -3.94. The van der Waals surface area contributed by atoms with Gasteiger partial charge in [0.15, 0.2) is 0 Å². The van der Waals surface area contributed by atoms with E-state index in [-0.39, 0.29) is 22.8 Å². The van der Waals surface area contributed by atoms with E-state index >= 15 is 0 Å². The number of benzene rings is 2. The Morgan fingerprint density at radius 2 is 1.97 bits per heavy atom. The third kappa shape index (κ3) is 5.86. The molecule has 2 saturated heterocycles. The molecule has 2 aromatic carbocycles. The number of nitrogens with zero attached hydrogens (tertiary/aromatic N) is 3. The van der Waals surface area contributed by atoms with Crippen LogP contribution in [0.5, 0.6) is 0 Å². The number of rotatable bonds is 8. The number of likely N-dealkylation sites (tertiary alicyclic amines) is 2. The van der Waals surface area contributed by atoms with Gasteiger partial charge in [0, 0.05) is 48.8 Å². The Hall–Kier alpha value is -2.57. The Morgan fingerprint density at radius 3 is 2.76 bits per heavy atom. The van der Waals surface area contributed by atoms with Crippen LogP contribution < -0.4 is 10.0 Å². The molecule has 12 heteroatoms. The Balaban J connectivity index is 1.20. The summed E-state index contributed by atoms with van der Waals surface area (Å²) in [6.07, 6.45) is 3.93. The quantitative estimate of drug-likeness (QED) is 0.427. The number of amides is 2. The third-order valence-electron chi connectivity index (χ3n) is 7.20. The molecule has 3 atom stereocenters. The first-order valence-electron chi connectivity index (χ1n) is 12.6. The zero-order valence-electron chi connectivity index (χ0n) is 21.0. The van der Waals surface area contributed by atoms with Gasteiger partial charge in [0.2, 0.25) is 21.8 Å². The van der Waals surface area contributed by atoms with Crippen molar-refractivity contribution in [1.82, 2.24) is 24.8 Å². The highest BCUT2D eigenvalue weighted by Crippen LogP contribution is 2.24. The molecule has 9 nitrogen and oxygen atoms in total. The van der Waals surface area contributed by atoms with Crippen LogP contribution in [0, 0.1) is 0 Å². The van der Waals surface area contributed by atoms with Crippen molar-refractivity contribution in [3.63, 3.8) is 0 Å². The molecule has 0 radical (unpaired) electrons. The standard InChI is InChI=1S/C26H30ClN5O4S2/c1-17(25(33)31-10-2-3-21(16-31)29-15-24-28-9-12-37-24)32-11-8-23(26(32)34)30-38(35,36)22-7-5-18-13-20(27)6-4-19(18)14-22/h4-7,9,12-14,17,21,23,29-30H,2-3,8,10-11,15-16H2,1H3/t17-,21?,23-/m0/s1. The monoisotopic (exact) mass is 575 g/mol. The summed E-state index contributed by atoms with van der Waals surface area (Å²) in [6, 6.07) is 8.56. The van der Waals surface area contributed by atoms with E-state index in [0.717, 1.165) is 28.6 Å². The van der Waals surface area contributed by atoms with E-state index in [4.69, 9.17) is 11.6 Å². The van der Waals surface area contributed by atoms with E-state index in [1.54, 1.807) is 59.7 Å². The van der Waals surface area contributed by atoms with Gasteiger partial charge in [-0.15, -0.1) is 11.3 Å². The summed E-state index contributed by atoms with van der Waals surface area (Å²) in [5.41, 5.74) is 0. The van der Waals surface area contributed by atoms with Gasteiger partial charge in [-0.3, -0.25) is 9.59 Å². The van der Waals surface area contributed by atoms with Crippen LogP contribution in [-0.2, 0) is 26.2 Å². The fraction of sp³-hybridized carbons (Fsp3) is 0.423. The Bertz CT molecular complexity index is 1430. The van der Waals surface area contributed by atoms with Gasteiger partial charge in [-0.1, -0.05) is 23.7 Å². The summed E-state index contributed by atoms with van der Waals surface area (Å²) in [6.45, 7) is 3.91. The summed E-state index contributed by atoms with van der Waals surface area (Å²) < 4.78 is 28.7. The first kappa shape index (κ1) is 27.0. The molecule has 3 aromatic rings. The number of hydrogen-bond acceptors (Lipinski definition) is 7. The van der Waals surface area contributed by atoms with Crippen molar-refractivity contribution in [1.29, 1.82) is 0 Å². The number of fused-ring (bicyclic) bond motifs is 1. The third-order valence-corrected chi connectivity index (χ3v) is 9.69. The molecule has 38 heavy (non-hydrogen) atoms. The number of halogens is 1. The largest absolute Gasteiger partial charge is 0.339 e. The zero-order valence-corrected chi connectivity index (χ0v) is 23.4. The van der Waals surface area contributed by atoms with E-state index in [2.05, 4.69) is 15.0 Å². The molecule has 0 saturated carbocycles. The van der Waals surface area contributed by atoms with Crippen LogP contribution in [0.3, 0.4) is 0 Å². The van der Waals surface area contributed by atoms with E-state index in [1.165, 1.54) is 11.0 Å². The summed E-state index contributed by atoms with van der Waals surface area (Å²) in [7, 11) is -3.94. The SMILES string of the molecule is C[C@@H](C(=O)N1CCCC(NCc2nccs2)C1)N1CC[C@H](NS(=O)(=O)c2ccc3cc(Cl)ccc3c2)C1=O. The van der Waals surface area contributed by atoms with Gasteiger partial charge >= 0.3 is 0 Å². The molecular weight excluding hydrogens is 546 g/mol. The molecule has 2 fully saturated rings. The average Bonchev–Trinajstić information content (AvgIpc) is 3.56. The lowest BCUT2D eigenvalue weighted by Crippen LogP contribution is -2.54. The van der Waals surface area contributed by atoms with Gasteiger partial charge in [-0.05, 0) is 61.2 Å². The number of thiazole rings is 1. The number of aromatic nitrogens is 1. The van der Waals surface area contributed by atoms with Gasteiger partial charge in [-0.25, -0.2) is 13.4 Å². The second-order valence-corrected chi connectivity index (χ2v) is 12.9. The summed E-state index contributed by atoms with van der Waals surface area (Å²) in [5, 5.41) is 8.55. The van der Waals surface area contributed by atoms with Crippen molar-refractivity contribution in [2.24, 2.45) is 0 Å². The van der Waals surface area contributed by atoms with Crippen LogP contribution in [0.4, 0.5) is 0 Å². The fourth-order valence-electron chi connectivity index (χ4n) is 5.13. The maximum absolute atomic E-state index is 13.3. The Labute approximate surface area is 231 Å². The zero-order chi connectivity index (χ0) is 26.9. The lowest BCUT2D eigenvalue weighted by atomic mass is 10.0. The molecule has 1 aromatic heterocycles. The van der Waals surface area contributed by atoms with Gasteiger partial charge in [0.25, 0.3) is 0 Å². The van der Waals surface area contributed by atoms with Crippen molar-refractivity contribution in [2.45, 2.75) is 55.8 Å². The van der Waals surface area contributed by atoms with Gasteiger partial charge in [-0.2, -0.15) is 4.72 Å². The number of nitrogens with one attached hydrogen (secondary N) is 2. The predicted octanol–water partition coefficient (Wildman–Crippen LogP) is 3.00. The maximum Gasteiger partial charge on any atom is 0.245 e. The topological polar surface area (TPSA) is 112 Å². The molecule has 2 amide bonds. The molecule has 2 aliphatic rings. The molecule has 0 aliphatic carbocycles. The number of hydrogen-bond donors (Lipinski definition) is 2. The van der Waals surface area contributed by atoms with Crippen molar-refractivity contribution in [3.05, 3.63) is 58.0 Å². The van der Waals surface area contributed by atoms with Crippen LogP contribution in [0.15, 0.2) is 52.9 Å². The highest BCUT2D eigenvalue weighted by molar-refractivity contribution is 7.89. The van der Waals surface area contributed by atoms with Gasteiger partial charge in [0.05, 0.1) is 4.90 Å².